The summed E-state index contributed by atoms with van der Waals surface area (Å²) in [5.74, 6) is 0.287. The number of hydrogen-bond acceptors (Lipinski definition) is 5. The molecule has 1 amide bonds. The van der Waals surface area contributed by atoms with E-state index in [1.54, 1.807) is 25.4 Å². The topological polar surface area (TPSA) is 72.3 Å². The fourth-order valence-electron chi connectivity index (χ4n) is 3.99. The van der Waals surface area contributed by atoms with E-state index >= 15 is 0 Å². The van der Waals surface area contributed by atoms with Gasteiger partial charge >= 0.3 is 0 Å². The minimum atomic E-state index is -0.455. The number of benzene rings is 1. The van der Waals surface area contributed by atoms with Crippen LogP contribution in [0.4, 0.5) is 5.69 Å². The van der Waals surface area contributed by atoms with Gasteiger partial charge in [0, 0.05) is 31.7 Å². The van der Waals surface area contributed by atoms with Crippen LogP contribution in [0.2, 0.25) is 0 Å². The predicted molar refractivity (Wildman–Crippen MR) is 115 cm³/mol. The number of methoxy groups -OCH3 is 1. The SMILES string of the molecule is COc1ncccc1NC(=O)[C@H]1c2c(ncn2C(C)C)CCN1Cc1ccccc1. The van der Waals surface area contributed by atoms with Gasteiger partial charge in [0.05, 0.1) is 24.8 Å². The van der Waals surface area contributed by atoms with Crippen LogP contribution in [0.3, 0.4) is 0 Å². The third-order valence-corrected chi connectivity index (χ3v) is 5.43. The maximum atomic E-state index is 13.6. The van der Waals surface area contributed by atoms with Gasteiger partial charge in [-0.25, -0.2) is 9.97 Å². The van der Waals surface area contributed by atoms with Crippen LogP contribution < -0.4 is 10.1 Å². The molecule has 3 aromatic rings. The Morgan fingerprint density at radius 2 is 2.00 bits per heavy atom. The monoisotopic (exact) mass is 405 g/mol. The zero-order valence-corrected chi connectivity index (χ0v) is 17.6. The van der Waals surface area contributed by atoms with Crippen LogP contribution in [-0.2, 0) is 17.8 Å². The highest BCUT2D eigenvalue weighted by atomic mass is 16.5. The summed E-state index contributed by atoms with van der Waals surface area (Å²) in [6.45, 7) is 5.67. The predicted octanol–water partition coefficient (Wildman–Crippen LogP) is 3.61. The molecule has 156 valence electrons. The van der Waals surface area contributed by atoms with E-state index in [1.807, 2.05) is 24.5 Å². The molecule has 7 heteroatoms. The maximum absolute atomic E-state index is 13.6. The number of ether oxygens (including phenoxy) is 1. The van der Waals surface area contributed by atoms with Crippen LogP contribution in [0.15, 0.2) is 55.0 Å². The molecule has 30 heavy (non-hydrogen) atoms. The van der Waals surface area contributed by atoms with Crippen LogP contribution in [0.5, 0.6) is 5.88 Å². The third-order valence-electron chi connectivity index (χ3n) is 5.43. The van der Waals surface area contributed by atoms with Crippen molar-refractivity contribution < 1.29 is 9.53 Å². The van der Waals surface area contributed by atoms with Crippen molar-refractivity contribution in [1.29, 1.82) is 0 Å². The molecule has 0 bridgehead atoms. The van der Waals surface area contributed by atoms with E-state index in [2.05, 4.69) is 50.7 Å². The molecular weight excluding hydrogens is 378 g/mol. The molecule has 4 rings (SSSR count). The second-order valence-corrected chi connectivity index (χ2v) is 7.74. The average Bonchev–Trinajstić information content (AvgIpc) is 3.19. The number of nitrogens with zero attached hydrogens (tertiary/aromatic N) is 4. The molecule has 1 N–H and O–H groups in total. The van der Waals surface area contributed by atoms with E-state index < -0.39 is 6.04 Å². The molecule has 0 aliphatic carbocycles. The van der Waals surface area contributed by atoms with Gasteiger partial charge < -0.3 is 14.6 Å². The number of aromatic nitrogens is 3. The first kappa shape index (κ1) is 20.1. The number of rotatable bonds is 6. The van der Waals surface area contributed by atoms with Gasteiger partial charge in [-0.05, 0) is 31.5 Å². The molecule has 7 nitrogen and oxygen atoms in total. The molecule has 1 aromatic carbocycles. The lowest BCUT2D eigenvalue weighted by Crippen LogP contribution is -2.42. The van der Waals surface area contributed by atoms with Crippen molar-refractivity contribution in [3.05, 3.63) is 71.9 Å². The maximum Gasteiger partial charge on any atom is 0.248 e. The van der Waals surface area contributed by atoms with E-state index in [0.717, 1.165) is 24.4 Å². The second kappa shape index (κ2) is 8.67. The number of carbonyl (C=O) groups excluding carboxylic acids is 1. The van der Waals surface area contributed by atoms with E-state index in [9.17, 15) is 4.79 Å². The minimum absolute atomic E-state index is 0.111. The Labute approximate surface area is 176 Å². The highest BCUT2D eigenvalue weighted by Crippen LogP contribution is 2.34. The van der Waals surface area contributed by atoms with E-state index in [4.69, 9.17) is 4.74 Å². The van der Waals surface area contributed by atoms with Crippen molar-refractivity contribution in [3.8, 4) is 5.88 Å². The Morgan fingerprint density at radius 3 is 2.73 bits per heavy atom. The number of nitrogens with one attached hydrogen (secondary N) is 1. The fraction of sp³-hybridized carbons (Fsp3) is 0.348. The van der Waals surface area contributed by atoms with Crippen molar-refractivity contribution in [2.24, 2.45) is 0 Å². The van der Waals surface area contributed by atoms with Crippen LogP contribution in [0.25, 0.3) is 0 Å². The van der Waals surface area contributed by atoms with E-state index in [-0.39, 0.29) is 11.9 Å². The smallest absolute Gasteiger partial charge is 0.248 e. The summed E-state index contributed by atoms with van der Waals surface area (Å²) < 4.78 is 7.42. The van der Waals surface area contributed by atoms with Gasteiger partial charge in [-0.3, -0.25) is 9.69 Å². The summed E-state index contributed by atoms with van der Waals surface area (Å²) in [5.41, 5.74) is 3.69. The zero-order chi connectivity index (χ0) is 21.1. The van der Waals surface area contributed by atoms with Gasteiger partial charge in [0.1, 0.15) is 11.7 Å². The molecule has 3 heterocycles. The van der Waals surface area contributed by atoms with Gasteiger partial charge in [-0.2, -0.15) is 0 Å². The number of pyridine rings is 1. The highest BCUT2D eigenvalue weighted by Gasteiger charge is 2.37. The number of amides is 1. The lowest BCUT2D eigenvalue weighted by Gasteiger charge is -2.36. The van der Waals surface area contributed by atoms with Gasteiger partial charge in [0.15, 0.2) is 0 Å². The Bertz CT molecular complexity index is 1020. The number of imidazole rings is 1. The van der Waals surface area contributed by atoms with Gasteiger partial charge in [0.2, 0.25) is 11.8 Å². The molecule has 0 saturated carbocycles. The van der Waals surface area contributed by atoms with Crippen molar-refractivity contribution in [2.75, 3.05) is 19.0 Å². The largest absolute Gasteiger partial charge is 0.480 e. The molecule has 1 aliphatic heterocycles. The summed E-state index contributed by atoms with van der Waals surface area (Å²) in [7, 11) is 1.55. The molecule has 1 aliphatic rings. The van der Waals surface area contributed by atoms with Crippen LogP contribution in [-0.4, -0.2) is 39.0 Å². The molecule has 0 unspecified atom stereocenters. The highest BCUT2D eigenvalue weighted by molar-refractivity contribution is 5.96. The molecule has 2 aromatic heterocycles. The fourth-order valence-corrected chi connectivity index (χ4v) is 3.99. The Kier molecular flexibility index (Phi) is 5.81. The summed E-state index contributed by atoms with van der Waals surface area (Å²) >= 11 is 0. The summed E-state index contributed by atoms with van der Waals surface area (Å²) in [6, 6.07) is 13.6. The zero-order valence-electron chi connectivity index (χ0n) is 17.6. The Hall–Kier alpha value is -3.19. The quantitative estimate of drug-likeness (QED) is 0.678. The first-order chi connectivity index (χ1) is 14.6. The second-order valence-electron chi connectivity index (χ2n) is 7.74. The number of fused-ring (bicyclic) bond motifs is 1. The van der Waals surface area contributed by atoms with Crippen LogP contribution >= 0.6 is 0 Å². The molecule has 0 saturated heterocycles. The van der Waals surface area contributed by atoms with Gasteiger partial charge in [-0.1, -0.05) is 30.3 Å². The lowest BCUT2D eigenvalue weighted by atomic mass is 9.99. The summed E-state index contributed by atoms with van der Waals surface area (Å²) in [6.07, 6.45) is 4.32. The molecule has 0 fully saturated rings. The first-order valence-corrected chi connectivity index (χ1v) is 10.2. The van der Waals surface area contributed by atoms with E-state index in [1.165, 1.54) is 5.56 Å². The minimum Gasteiger partial charge on any atom is -0.480 e. The lowest BCUT2D eigenvalue weighted by molar-refractivity contribution is -0.122. The number of anilines is 1. The van der Waals surface area contributed by atoms with E-state index in [0.29, 0.717) is 18.1 Å². The van der Waals surface area contributed by atoms with Crippen molar-refractivity contribution in [1.82, 2.24) is 19.4 Å². The average molecular weight is 406 g/mol. The Morgan fingerprint density at radius 1 is 1.20 bits per heavy atom. The van der Waals surface area contributed by atoms with Crippen LogP contribution in [0, 0.1) is 0 Å². The third kappa shape index (κ3) is 3.93. The number of carbonyl (C=O) groups is 1. The summed E-state index contributed by atoms with van der Waals surface area (Å²) in [4.78, 5) is 24.6. The van der Waals surface area contributed by atoms with Crippen molar-refractivity contribution in [3.63, 3.8) is 0 Å². The Balaban J connectivity index is 1.71. The first-order valence-electron chi connectivity index (χ1n) is 10.2. The van der Waals surface area contributed by atoms with Gasteiger partial charge in [0.25, 0.3) is 0 Å². The molecule has 0 spiro atoms. The van der Waals surface area contributed by atoms with Crippen molar-refractivity contribution >= 4 is 11.6 Å². The molecule has 1 atom stereocenters. The standard InChI is InChI=1S/C23H27N5O2/c1-16(2)28-15-25-18-11-13-27(14-17-8-5-4-6-9-17)21(20(18)28)22(29)26-19-10-7-12-24-23(19)30-3/h4-10,12,15-16,21H,11,13-14H2,1-3H3,(H,26,29)/t21-/m1/s1. The van der Waals surface area contributed by atoms with Gasteiger partial charge in [-0.15, -0.1) is 0 Å². The normalized spacial score (nSPS) is 16.3. The molecule has 0 radical (unpaired) electrons. The number of hydrogen-bond donors (Lipinski definition) is 1. The van der Waals surface area contributed by atoms with Crippen molar-refractivity contribution in [2.45, 2.75) is 38.9 Å². The van der Waals surface area contributed by atoms with Crippen LogP contribution in [0.1, 0.15) is 42.9 Å². The summed E-state index contributed by atoms with van der Waals surface area (Å²) in [5, 5.41) is 3.03. The molecular formula is C23H27N5O2.